The highest BCUT2D eigenvalue weighted by molar-refractivity contribution is 7.97. The van der Waals surface area contributed by atoms with Crippen molar-refractivity contribution in [2.75, 3.05) is 13.3 Å². The van der Waals surface area contributed by atoms with Crippen molar-refractivity contribution >= 4 is 23.6 Å². The normalized spacial score (nSPS) is 17.2. The number of likely N-dealkylation sites (N-methyl/N-ethyl adjacent to an activating group) is 1. The summed E-state index contributed by atoms with van der Waals surface area (Å²) in [5.74, 6) is 1.34. The monoisotopic (exact) mass is 310 g/mol. The van der Waals surface area contributed by atoms with Gasteiger partial charge in [-0.05, 0) is 31.2 Å². The minimum absolute atomic E-state index is 0.119. The van der Waals surface area contributed by atoms with Crippen LogP contribution in [0.15, 0.2) is 16.5 Å². The summed E-state index contributed by atoms with van der Waals surface area (Å²) in [6.45, 7) is 0. The van der Waals surface area contributed by atoms with E-state index in [0.717, 1.165) is 30.8 Å². The van der Waals surface area contributed by atoms with Crippen LogP contribution in [-0.2, 0) is 10.5 Å². The van der Waals surface area contributed by atoms with Crippen molar-refractivity contribution in [2.24, 2.45) is 0 Å². The molecule has 21 heavy (non-hydrogen) atoms. The van der Waals surface area contributed by atoms with E-state index < -0.39 is 5.54 Å². The Bertz CT molecular complexity index is 507. The molecule has 6 heteroatoms. The molecule has 2 rings (SSSR count). The molecular formula is C15H22N2O3S. The van der Waals surface area contributed by atoms with Gasteiger partial charge in [0.15, 0.2) is 5.76 Å². The molecule has 1 fully saturated rings. The smallest absolute Gasteiger partial charge is 0.287 e. The summed E-state index contributed by atoms with van der Waals surface area (Å²) >= 11 is 1.63. The lowest BCUT2D eigenvalue weighted by Crippen LogP contribution is -2.59. The zero-order valence-electron chi connectivity index (χ0n) is 12.5. The van der Waals surface area contributed by atoms with Gasteiger partial charge in [0.25, 0.3) is 5.91 Å². The highest BCUT2D eigenvalue weighted by atomic mass is 32.2. The van der Waals surface area contributed by atoms with Crippen LogP contribution in [0.3, 0.4) is 0 Å². The van der Waals surface area contributed by atoms with Gasteiger partial charge in [0.2, 0.25) is 5.91 Å². The summed E-state index contributed by atoms with van der Waals surface area (Å²) in [4.78, 5) is 24.6. The van der Waals surface area contributed by atoms with Crippen molar-refractivity contribution in [3.05, 3.63) is 23.7 Å². The SMILES string of the molecule is CNC(=O)C1(NC(=O)c2ccc(CSC)o2)CCCCC1. The van der Waals surface area contributed by atoms with Gasteiger partial charge in [-0.2, -0.15) is 11.8 Å². The van der Waals surface area contributed by atoms with Crippen LogP contribution in [0.1, 0.15) is 48.4 Å². The Balaban J connectivity index is 2.11. The molecular weight excluding hydrogens is 288 g/mol. The zero-order valence-corrected chi connectivity index (χ0v) is 13.3. The van der Waals surface area contributed by atoms with Crippen molar-refractivity contribution in [1.29, 1.82) is 0 Å². The second kappa shape index (κ2) is 7.02. The van der Waals surface area contributed by atoms with Crippen LogP contribution in [-0.4, -0.2) is 30.7 Å². The molecule has 2 N–H and O–H groups in total. The maximum Gasteiger partial charge on any atom is 0.287 e. The van der Waals surface area contributed by atoms with Gasteiger partial charge < -0.3 is 15.1 Å². The Morgan fingerprint density at radius 2 is 2.00 bits per heavy atom. The highest BCUT2D eigenvalue weighted by Crippen LogP contribution is 2.29. The Hall–Kier alpha value is -1.43. The van der Waals surface area contributed by atoms with Gasteiger partial charge in [0.1, 0.15) is 11.3 Å². The standard InChI is InChI=1S/C15H22N2O3S/c1-16-14(19)15(8-4-3-5-9-15)17-13(18)12-7-6-11(20-12)10-21-2/h6-7H,3-5,8-10H2,1-2H3,(H,16,19)(H,17,18). The first-order valence-corrected chi connectivity index (χ1v) is 8.63. The second-order valence-electron chi connectivity index (χ2n) is 5.37. The molecule has 1 aliphatic rings. The van der Waals surface area contributed by atoms with Gasteiger partial charge in [0, 0.05) is 7.05 Å². The van der Waals surface area contributed by atoms with E-state index in [1.54, 1.807) is 30.9 Å². The van der Waals surface area contributed by atoms with E-state index in [0.29, 0.717) is 12.8 Å². The van der Waals surface area contributed by atoms with Crippen LogP contribution in [0, 0.1) is 0 Å². The Kier molecular flexibility index (Phi) is 5.33. The minimum Gasteiger partial charge on any atom is -0.455 e. The average Bonchev–Trinajstić information content (AvgIpc) is 2.96. The lowest BCUT2D eigenvalue weighted by Gasteiger charge is -2.35. The van der Waals surface area contributed by atoms with E-state index in [1.165, 1.54) is 0 Å². The molecule has 1 aromatic rings. The zero-order chi connectivity index (χ0) is 15.3. The van der Waals surface area contributed by atoms with E-state index in [2.05, 4.69) is 10.6 Å². The number of hydrogen-bond donors (Lipinski definition) is 2. The van der Waals surface area contributed by atoms with Gasteiger partial charge in [-0.1, -0.05) is 19.3 Å². The lowest BCUT2D eigenvalue weighted by atomic mass is 9.80. The van der Waals surface area contributed by atoms with E-state index >= 15 is 0 Å². The third-order valence-electron chi connectivity index (χ3n) is 3.89. The molecule has 1 saturated carbocycles. The van der Waals surface area contributed by atoms with Gasteiger partial charge in [0.05, 0.1) is 5.75 Å². The van der Waals surface area contributed by atoms with Crippen molar-refractivity contribution in [1.82, 2.24) is 10.6 Å². The first-order valence-electron chi connectivity index (χ1n) is 7.23. The van der Waals surface area contributed by atoms with Crippen LogP contribution >= 0.6 is 11.8 Å². The Morgan fingerprint density at radius 1 is 1.29 bits per heavy atom. The molecule has 0 aliphatic heterocycles. The van der Waals surface area contributed by atoms with Crippen molar-refractivity contribution in [3.63, 3.8) is 0 Å². The molecule has 5 nitrogen and oxygen atoms in total. The van der Waals surface area contributed by atoms with E-state index in [-0.39, 0.29) is 17.6 Å². The number of amides is 2. The van der Waals surface area contributed by atoms with Gasteiger partial charge in [-0.25, -0.2) is 0 Å². The van der Waals surface area contributed by atoms with Crippen molar-refractivity contribution in [3.8, 4) is 0 Å². The van der Waals surface area contributed by atoms with Crippen LogP contribution in [0.5, 0.6) is 0 Å². The number of hydrogen-bond acceptors (Lipinski definition) is 4. The molecule has 1 aliphatic carbocycles. The topological polar surface area (TPSA) is 71.3 Å². The fraction of sp³-hybridized carbons (Fsp3) is 0.600. The largest absolute Gasteiger partial charge is 0.455 e. The molecule has 1 aromatic heterocycles. The molecule has 0 saturated heterocycles. The third-order valence-corrected chi connectivity index (χ3v) is 4.47. The molecule has 116 valence electrons. The molecule has 2 amide bonds. The second-order valence-corrected chi connectivity index (χ2v) is 6.24. The van der Waals surface area contributed by atoms with Gasteiger partial charge in [-0.3, -0.25) is 9.59 Å². The average molecular weight is 310 g/mol. The quantitative estimate of drug-likeness (QED) is 0.875. The van der Waals surface area contributed by atoms with Crippen LogP contribution in [0.2, 0.25) is 0 Å². The number of nitrogens with one attached hydrogen (secondary N) is 2. The van der Waals surface area contributed by atoms with E-state index in [1.807, 2.05) is 6.26 Å². The summed E-state index contributed by atoms with van der Waals surface area (Å²) in [6.07, 6.45) is 6.33. The fourth-order valence-electron chi connectivity index (χ4n) is 2.80. The van der Waals surface area contributed by atoms with Gasteiger partial charge in [-0.15, -0.1) is 0 Å². The molecule has 1 heterocycles. The van der Waals surface area contributed by atoms with Gasteiger partial charge >= 0.3 is 0 Å². The number of furan rings is 1. The van der Waals surface area contributed by atoms with Crippen LogP contribution in [0.25, 0.3) is 0 Å². The number of thioether (sulfide) groups is 1. The first kappa shape index (κ1) is 15.9. The summed E-state index contributed by atoms with van der Waals surface area (Å²) < 4.78 is 5.52. The first-order chi connectivity index (χ1) is 10.1. The van der Waals surface area contributed by atoms with Crippen molar-refractivity contribution in [2.45, 2.75) is 43.4 Å². The fourth-order valence-corrected chi connectivity index (χ4v) is 3.24. The molecule has 0 unspecified atom stereocenters. The Morgan fingerprint density at radius 3 is 2.62 bits per heavy atom. The summed E-state index contributed by atoms with van der Waals surface area (Å²) in [6, 6.07) is 3.47. The minimum atomic E-state index is -0.795. The van der Waals surface area contributed by atoms with E-state index in [9.17, 15) is 9.59 Å². The molecule has 0 radical (unpaired) electrons. The summed E-state index contributed by atoms with van der Waals surface area (Å²) in [7, 11) is 1.61. The lowest BCUT2D eigenvalue weighted by molar-refractivity contribution is -0.128. The predicted molar refractivity (Wildman–Crippen MR) is 83.3 cm³/mol. The molecule has 0 atom stereocenters. The maximum absolute atomic E-state index is 12.4. The van der Waals surface area contributed by atoms with Crippen LogP contribution < -0.4 is 10.6 Å². The summed E-state index contributed by atoms with van der Waals surface area (Å²) in [5, 5.41) is 5.57. The number of rotatable bonds is 5. The van der Waals surface area contributed by atoms with Crippen molar-refractivity contribution < 1.29 is 14.0 Å². The van der Waals surface area contributed by atoms with E-state index in [4.69, 9.17) is 4.42 Å². The summed E-state index contributed by atoms with van der Waals surface area (Å²) in [5.41, 5.74) is -0.795. The maximum atomic E-state index is 12.4. The number of carbonyl (C=O) groups excluding carboxylic acids is 2. The number of carbonyl (C=O) groups is 2. The molecule has 0 aromatic carbocycles. The third kappa shape index (κ3) is 3.61. The highest BCUT2D eigenvalue weighted by Gasteiger charge is 2.40. The Labute approximate surface area is 129 Å². The predicted octanol–water partition coefficient (Wildman–Crippen LogP) is 2.32. The molecule has 0 spiro atoms. The molecule has 0 bridgehead atoms. The van der Waals surface area contributed by atoms with Crippen LogP contribution in [0.4, 0.5) is 0 Å².